The highest BCUT2D eigenvalue weighted by molar-refractivity contribution is 6.30. The number of pyridine rings is 1. The molecular formula is C29H26ClFN4O3. The fraction of sp³-hybridized carbons (Fsp3) is 0.241. The number of halogens is 2. The van der Waals surface area contributed by atoms with Crippen LogP contribution in [0, 0.1) is 5.82 Å². The third-order valence-electron chi connectivity index (χ3n) is 7.08. The number of morpholine rings is 1. The molecule has 2 fully saturated rings. The van der Waals surface area contributed by atoms with Crippen molar-refractivity contribution in [3.05, 3.63) is 102 Å². The zero-order valence-corrected chi connectivity index (χ0v) is 21.4. The largest absolute Gasteiger partial charge is 0.465 e. The number of hydrogen-bond acceptors (Lipinski definition) is 5. The number of hydrogen-bond donors (Lipinski definition) is 0. The van der Waals surface area contributed by atoms with Crippen LogP contribution in [0.2, 0.25) is 5.02 Å². The number of nitrogens with zero attached hydrogens (tertiary/aromatic N) is 4. The Bertz CT molecular complexity index is 1490. The second-order valence-corrected chi connectivity index (χ2v) is 9.96. The molecule has 7 nitrogen and oxygen atoms in total. The average molecular weight is 533 g/mol. The second-order valence-electron chi connectivity index (χ2n) is 9.52. The van der Waals surface area contributed by atoms with Gasteiger partial charge in [-0.2, -0.15) is 0 Å². The van der Waals surface area contributed by atoms with Gasteiger partial charge in [0.2, 0.25) is 0 Å². The predicted molar refractivity (Wildman–Crippen MR) is 143 cm³/mol. The first-order valence-electron chi connectivity index (χ1n) is 12.4. The van der Waals surface area contributed by atoms with Crippen molar-refractivity contribution in [3.63, 3.8) is 0 Å². The van der Waals surface area contributed by atoms with Gasteiger partial charge in [-0.1, -0.05) is 36.4 Å². The van der Waals surface area contributed by atoms with E-state index in [1.807, 2.05) is 53.6 Å². The Morgan fingerprint density at radius 1 is 1.13 bits per heavy atom. The maximum Gasteiger partial charge on any atom is 0.258 e. The van der Waals surface area contributed by atoms with E-state index in [0.29, 0.717) is 37.9 Å². The zero-order chi connectivity index (χ0) is 26.2. The first-order chi connectivity index (χ1) is 18.5. The Morgan fingerprint density at radius 3 is 2.63 bits per heavy atom. The van der Waals surface area contributed by atoms with E-state index in [4.69, 9.17) is 26.1 Å². The monoisotopic (exact) mass is 532 g/mol. The molecule has 2 aliphatic heterocycles. The molecule has 38 heavy (non-hydrogen) atoms. The van der Waals surface area contributed by atoms with Crippen LogP contribution in [0.4, 0.5) is 4.39 Å². The third-order valence-corrected chi connectivity index (χ3v) is 7.33. The summed E-state index contributed by atoms with van der Waals surface area (Å²) in [5.74, 6) is -0.478. The second kappa shape index (κ2) is 10.2. The molecule has 2 aliphatic rings. The number of imidazole rings is 1. The number of benzene rings is 2. The number of rotatable bonds is 6. The minimum Gasteiger partial charge on any atom is -0.465 e. The Balaban J connectivity index is 1.30. The number of fused-ring (bicyclic) bond motifs is 3. The molecule has 2 unspecified atom stereocenters. The van der Waals surface area contributed by atoms with E-state index in [1.54, 1.807) is 0 Å². The maximum absolute atomic E-state index is 14.1. The first kappa shape index (κ1) is 24.6. The van der Waals surface area contributed by atoms with E-state index in [1.165, 1.54) is 24.5 Å². The summed E-state index contributed by atoms with van der Waals surface area (Å²) in [5, 5.41) is 0.674. The molecule has 4 heterocycles. The molecule has 9 heteroatoms. The van der Waals surface area contributed by atoms with Crippen molar-refractivity contribution in [1.82, 2.24) is 19.2 Å². The summed E-state index contributed by atoms with van der Waals surface area (Å²) >= 11 is 6.14. The smallest absolute Gasteiger partial charge is 0.258 e. The molecule has 6 rings (SSSR count). The highest BCUT2D eigenvalue weighted by Gasteiger charge is 2.42. The molecule has 0 aliphatic carbocycles. The van der Waals surface area contributed by atoms with Crippen LogP contribution in [0.25, 0.3) is 16.9 Å². The van der Waals surface area contributed by atoms with Crippen LogP contribution in [0.1, 0.15) is 16.1 Å². The number of amides is 1. The molecule has 1 amide bonds. The molecule has 2 aromatic heterocycles. The fourth-order valence-electron chi connectivity index (χ4n) is 5.46. The Labute approximate surface area is 224 Å². The minimum atomic E-state index is -0.493. The van der Waals surface area contributed by atoms with Gasteiger partial charge in [0.05, 0.1) is 48.5 Å². The van der Waals surface area contributed by atoms with Crippen molar-refractivity contribution < 1.29 is 18.7 Å². The molecule has 0 N–H and O–H groups in total. The molecular weight excluding hydrogens is 507 g/mol. The van der Waals surface area contributed by atoms with Crippen molar-refractivity contribution in [3.8, 4) is 17.0 Å². The predicted octanol–water partition coefficient (Wildman–Crippen LogP) is 5.04. The number of carbonyl (C=O) groups excluding carboxylic acids is 1. The van der Waals surface area contributed by atoms with E-state index in [-0.39, 0.29) is 29.3 Å². The fourth-order valence-corrected chi connectivity index (χ4v) is 5.59. The zero-order valence-electron chi connectivity index (χ0n) is 20.6. The number of aromatic nitrogens is 2. The number of carbonyl (C=O) groups is 1. The van der Waals surface area contributed by atoms with Gasteiger partial charge in [0.25, 0.3) is 5.91 Å². The molecule has 0 spiro atoms. The first-order valence-corrected chi connectivity index (χ1v) is 12.8. The van der Waals surface area contributed by atoms with Crippen molar-refractivity contribution in [1.29, 1.82) is 0 Å². The van der Waals surface area contributed by atoms with E-state index >= 15 is 0 Å². The lowest BCUT2D eigenvalue weighted by molar-refractivity contribution is -0.0817. The van der Waals surface area contributed by atoms with Crippen molar-refractivity contribution in [2.45, 2.75) is 18.6 Å². The summed E-state index contributed by atoms with van der Waals surface area (Å²) in [7, 11) is 0. The maximum atomic E-state index is 14.1. The molecule has 0 radical (unpaired) electrons. The van der Waals surface area contributed by atoms with E-state index in [0.717, 1.165) is 22.6 Å². The van der Waals surface area contributed by atoms with Crippen LogP contribution in [0.3, 0.4) is 0 Å². The van der Waals surface area contributed by atoms with E-state index in [2.05, 4.69) is 15.9 Å². The van der Waals surface area contributed by atoms with Gasteiger partial charge < -0.3 is 18.8 Å². The molecule has 2 atom stereocenters. The van der Waals surface area contributed by atoms with Crippen LogP contribution in [0.15, 0.2) is 79.7 Å². The topological polar surface area (TPSA) is 59.3 Å². The van der Waals surface area contributed by atoms with Crippen molar-refractivity contribution in [2.75, 3.05) is 26.3 Å². The summed E-state index contributed by atoms with van der Waals surface area (Å²) in [4.78, 5) is 22.8. The Hall–Kier alpha value is -3.72. The summed E-state index contributed by atoms with van der Waals surface area (Å²) in [6.07, 6.45) is 3.26. The third kappa shape index (κ3) is 4.55. The lowest BCUT2D eigenvalue weighted by Crippen LogP contribution is -2.65. The van der Waals surface area contributed by atoms with Gasteiger partial charge in [-0.15, -0.1) is 0 Å². The average Bonchev–Trinajstić information content (AvgIpc) is 3.27. The summed E-state index contributed by atoms with van der Waals surface area (Å²) in [6.45, 7) is 6.23. The van der Waals surface area contributed by atoms with Crippen LogP contribution < -0.4 is 4.74 Å². The van der Waals surface area contributed by atoms with Gasteiger partial charge in [-0.3, -0.25) is 9.69 Å². The highest BCUT2D eigenvalue weighted by Crippen LogP contribution is 2.31. The SMILES string of the molecule is C=COc1ccc(F)cc1C(=O)N1C2COCC1CN(Cc1c(-c3ccc(Cl)cc3)nc3ccccn13)C2. The van der Waals surface area contributed by atoms with Gasteiger partial charge in [0.1, 0.15) is 17.2 Å². The Morgan fingerprint density at radius 2 is 1.89 bits per heavy atom. The summed E-state index contributed by atoms with van der Waals surface area (Å²) in [6, 6.07) is 17.2. The molecule has 194 valence electrons. The molecule has 2 aromatic carbocycles. The van der Waals surface area contributed by atoms with Crippen LogP contribution in [0.5, 0.6) is 5.75 Å². The minimum absolute atomic E-state index is 0.182. The van der Waals surface area contributed by atoms with E-state index in [9.17, 15) is 9.18 Å². The molecule has 2 bridgehead atoms. The van der Waals surface area contributed by atoms with Gasteiger partial charge >= 0.3 is 0 Å². The summed E-state index contributed by atoms with van der Waals surface area (Å²) in [5.41, 5.74) is 4.01. The normalized spacial score (nSPS) is 19.5. The molecule has 2 saturated heterocycles. The standard InChI is InChI=1S/C29H26ClFN4O3/c1-2-38-26-11-10-21(31)13-24(26)29(36)35-22-14-33(15-23(35)18-37-17-22)16-25-28(19-6-8-20(30)9-7-19)32-27-5-3-4-12-34(25)27/h2-13,22-23H,1,14-18H2. The van der Waals surface area contributed by atoms with Crippen LogP contribution in [-0.4, -0.2) is 63.5 Å². The van der Waals surface area contributed by atoms with Gasteiger partial charge in [0.15, 0.2) is 0 Å². The van der Waals surface area contributed by atoms with Crippen LogP contribution >= 0.6 is 11.6 Å². The van der Waals surface area contributed by atoms with Crippen molar-refractivity contribution in [2.24, 2.45) is 0 Å². The highest BCUT2D eigenvalue weighted by atomic mass is 35.5. The van der Waals surface area contributed by atoms with Gasteiger partial charge in [0, 0.05) is 36.4 Å². The molecule has 0 saturated carbocycles. The van der Waals surface area contributed by atoms with E-state index < -0.39 is 5.82 Å². The number of ether oxygens (including phenoxy) is 2. The number of piperazine rings is 1. The van der Waals surface area contributed by atoms with Crippen LogP contribution in [-0.2, 0) is 11.3 Å². The Kier molecular flexibility index (Phi) is 6.61. The van der Waals surface area contributed by atoms with Gasteiger partial charge in [-0.25, -0.2) is 9.37 Å². The van der Waals surface area contributed by atoms with Gasteiger partial charge in [-0.05, 0) is 42.5 Å². The van der Waals surface area contributed by atoms with Crippen molar-refractivity contribution >= 4 is 23.2 Å². The molecule has 4 aromatic rings. The lowest BCUT2D eigenvalue weighted by atomic mass is 10.0. The summed E-state index contributed by atoms with van der Waals surface area (Å²) < 4.78 is 27.5. The lowest BCUT2D eigenvalue weighted by Gasteiger charge is -2.49. The quantitative estimate of drug-likeness (QED) is 0.326.